The molecule has 1 fully saturated rings. The van der Waals surface area contributed by atoms with E-state index >= 15 is 0 Å². The highest BCUT2D eigenvalue weighted by atomic mass is 16.2. The minimum absolute atomic E-state index is 0.0338. The van der Waals surface area contributed by atoms with Crippen molar-refractivity contribution in [1.82, 2.24) is 15.5 Å². The Bertz CT molecular complexity index is 572. The van der Waals surface area contributed by atoms with Crippen LogP contribution in [0.2, 0.25) is 0 Å². The second kappa shape index (κ2) is 5.39. The molecule has 5 nitrogen and oxygen atoms in total. The van der Waals surface area contributed by atoms with E-state index in [0.717, 1.165) is 12.8 Å². The zero-order valence-electron chi connectivity index (χ0n) is 12.4. The molecule has 112 valence electrons. The van der Waals surface area contributed by atoms with Gasteiger partial charge < -0.3 is 15.5 Å². The van der Waals surface area contributed by atoms with Crippen molar-refractivity contribution in [2.24, 2.45) is 5.92 Å². The van der Waals surface area contributed by atoms with Crippen LogP contribution in [0.25, 0.3) is 0 Å². The van der Waals surface area contributed by atoms with Crippen LogP contribution >= 0.6 is 0 Å². The highest BCUT2D eigenvalue weighted by molar-refractivity contribution is 5.90. The van der Waals surface area contributed by atoms with Crippen LogP contribution in [0.1, 0.15) is 30.5 Å². The SMILES string of the molecule is CC1CCc2ccccc2C1NC(=O)C1CNC(=O)N1C. The summed E-state index contributed by atoms with van der Waals surface area (Å²) in [5.41, 5.74) is 2.53. The van der Waals surface area contributed by atoms with Crippen LogP contribution in [-0.2, 0) is 11.2 Å². The van der Waals surface area contributed by atoms with Crippen LogP contribution in [0.15, 0.2) is 24.3 Å². The van der Waals surface area contributed by atoms with Gasteiger partial charge in [0.1, 0.15) is 6.04 Å². The normalized spacial score (nSPS) is 28.0. The molecule has 21 heavy (non-hydrogen) atoms. The molecule has 0 aromatic heterocycles. The fourth-order valence-corrected chi connectivity index (χ4v) is 3.25. The molecule has 3 atom stereocenters. The van der Waals surface area contributed by atoms with E-state index < -0.39 is 6.04 Å². The number of aryl methyl sites for hydroxylation is 1. The van der Waals surface area contributed by atoms with Gasteiger partial charge in [0.15, 0.2) is 0 Å². The smallest absolute Gasteiger partial charge is 0.317 e. The van der Waals surface area contributed by atoms with Crippen LogP contribution < -0.4 is 10.6 Å². The van der Waals surface area contributed by atoms with Crippen LogP contribution in [-0.4, -0.2) is 36.5 Å². The number of carbonyl (C=O) groups excluding carboxylic acids is 2. The molecule has 5 heteroatoms. The number of urea groups is 1. The molecule has 3 rings (SSSR count). The molecule has 1 heterocycles. The third kappa shape index (κ3) is 2.48. The molecule has 1 aliphatic carbocycles. The number of amides is 3. The van der Waals surface area contributed by atoms with Gasteiger partial charge in [-0.2, -0.15) is 0 Å². The maximum Gasteiger partial charge on any atom is 0.317 e. The molecule has 0 spiro atoms. The summed E-state index contributed by atoms with van der Waals surface area (Å²) >= 11 is 0. The molecule has 1 saturated heterocycles. The maximum absolute atomic E-state index is 12.5. The Balaban J connectivity index is 1.78. The summed E-state index contributed by atoms with van der Waals surface area (Å²) in [6.45, 7) is 2.55. The third-order valence-corrected chi connectivity index (χ3v) is 4.66. The van der Waals surface area contributed by atoms with E-state index in [1.54, 1.807) is 7.05 Å². The predicted octanol–water partition coefficient (Wildman–Crippen LogP) is 1.45. The first-order valence-electron chi connectivity index (χ1n) is 7.46. The fraction of sp³-hybridized carbons (Fsp3) is 0.500. The van der Waals surface area contributed by atoms with Gasteiger partial charge in [-0.15, -0.1) is 0 Å². The molecule has 1 aliphatic heterocycles. The predicted molar refractivity (Wildman–Crippen MR) is 79.8 cm³/mol. The molecular formula is C16H21N3O2. The number of hydrogen-bond donors (Lipinski definition) is 2. The minimum Gasteiger partial charge on any atom is -0.347 e. The standard InChI is InChI=1S/C16H21N3O2/c1-10-7-8-11-5-3-4-6-12(11)14(10)18-15(20)13-9-17-16(21)19(13)2/h3-6,10,13-14H,7-9H2,1-2H3,(H,17,21)(H,18,20). The van der Waals surface area contributed by atoms with Gasteiger partial charge in [-0.05, 0) is 29.9 Å². The Kier molecular flexibility index (Phi) is 3.57. The van der Waals surface area contributed by atoms with Crippen molar-refractivity contribution in [3.05, 3.63) is 35.4 Å². The minimum atomic E-state index is -0.418. The number of hydrogen-bond acceptors (Lipinski definition) is 2. The highest BCUT2D eigenvalue weighted by Gasteiger charge is 2.36. The van der Waals surface area contributed by atoms with E-state index in [4.69, 9.17) is 0 Å². The molecule has 2 aliphatic rings. The maximum atomic E-state index is 12.5. The van der Waals surface area contributed by atoms with Crippen LogP contribution in [0.3, 0.4) is 0 Å². The molecule has 3 unspecified atom stereocenters. The van der Waals surface area contributed by atoms with Gasteiger partial charge in [0.05, 0.1) is 6.04 Å². The lowest BCUT2D eigenvalue weighted by molar-refractivity contribution is -0.125. The van der Waals surface area contributed by atoms with Crippen molar-refractivity contribution < 1.29 is 9.59 Å². The van der Waals surface area contributed by atoms with Crippen LogP contribution in [0.5, 0.6) is 0 Å². The summed E-state index contributed by atoms with van der Waals surface area (Å²) < 4.78 is 0. The summed E-state index contributed by atoms with van der Waals surface area (Å²) in [6.07, 6.45) is 2.13. The molecule has 2 N–H and O–H groups in total. The van der Waals surface area contributed by atoms with Gasteiger partial charge >= 0.3 is 6.03 Å². The number of rotatable bonds is 2. The fourth-order valence-electron chi connectivity index (χ4n) is 3.25. The van der Waals surface area contributed by atoms with Crippen molar-refractivity contribution in [3.63, 3.8) is 0 Å². The van der Waals surface area contributed by atoms with Gasteiger partial charge in [0, 0.05) is 13.6 Å². The average molecular weight is 287 g/mol. The molecule has 3 amide bonds. The van der Waals surface area contributed by atoms with E-state index in [9.17, 15) is 9.59 Å². The summed E-state index contributed by atoms with van der Waals surface area (Å²) in [4.78, 5) is 25.4. The second-order valence-electron chi connectivity index (χ2n) is 6.01. The topological polar surface area (TPSA) is 61.4 Å². The van der Waals surface area contributed by atoms with Gasteiger partial charge in [-0.1, -0.05) is 31.2 Å². The van der Waals surface area contributed by atoms with Crippen molar-refractivity contribution in [2.45, 2.75) is 31.8 Å². The van der Waals surface area contributed by atoms with Crippen LogP contribution in [0, 0.1) is 5.92 Å². The number of nitrogens with one attached hydrogen (secondary N) is 2. The largest absolute Gasteiger partial charge is 0.347 e. The summed E-state index contributed by atoms with van der Waals surface area (Å²) in [5, 5.41) is 5.84. The molecule has 0 saturated carbocycles. The quantitative estimate of drug-likeness (QED) is 0.865. The number of nitrogens with zero attached hydrogens (tertiary/aromatic N) is 1. The van der Waals surface area contributed by atoms with E-state index in [1.807, 2.05) is 12.1 Å². The first-order valence-corrected chi connectivity index (χ1v) is 7.46. The lowest BCUT2D eigenvalue weighted by Gasteiger charge is -2.33. The Hall–Kier alpha value is -2.04. The van der Waals surface area contributed by atoms with Gasteiger partial charge in [-0.25, -0.2) is 4.79 Å². The zero-order chi connectivity index (χ0) is 15.0. The zero-order valence-corrected chi connectivity index (χ0v) is 12.4. The summed E-state index contributed by atoms with van der Waals surface area (Å²) in [6, 6.07) is 7.71. The van der Waals surface area contributed by atoms with E-state index in [1.165, 1.54) is 16.0 Å². The Morgan fingerprint density at radius 3 is 2.86 bits per heavy atom. The lowest BCUT2D eigenvalue weighted by atomic mass is 9.80. The van der Waals surface area contributed by atoms with Gasteiger partial charge in [0.2, 0.25) is 5.91 Å². The Morgan fingerprint density at radius 2 is 2.14 bits per heavy atom. The second-order valence-corrected chi connectivity index (χ2v) is 6.01. The lowest BCUT2D eigenvalue weighted by Crippen LogP contribution is -2.47. The monoisotopic (exact) mass is 287 g/mol. The van der Waals surface area contributed by atoms with Gasteiger partial charge in [-0.3, -0.25) is 4.79 Å². The van der Waals surface area contributed by atoms with Crippen molar-refractivity contribution in [3.8, 4) is 0 Å². The third-order valence-electron chi connectivity index (χ3n) is 4.66. The molecular weight excluding hydrogens is 266 g/mol. The molecule has 1 aromatic carbocycles. The summed E-state index contributed by atoms with van der Waals surface area (Å²) in [7, 11) is 1.66. The van der Waals surface area contributed by atoms with E-state index in [0.29, 0.717) is 12.5 Å². The number of benzene rings is 1. The average Bonchev–Trinajstić information content (AvgIpc) is 2.82. The number of fused-ring (bicyclic) bond motifs is 1. The van der Waals surface area contributed by atoms with Crippen molar-refractivity contribution in [2.75, 3.05) is 13.6 Å². The number of likely N-dealkylation sites (N-methyl/N-ethyl adjacent to an activating group) is 1. The van der Waals surface area contributed by atoms with Crippen molar-refractivity contribution >= 4 is 11.9 Å². The summed E-state index contributed by atoms with van der Waals surface area (Å²) in [5.74, 6) is 0.323. The first-order chi connectivity index (χ1) is 10.1. The van der Waals surface area contributed by atoms with Crippen molar-refractivity contribution in [1.29, 1.82) is 0 Å². The molecule has 0 radical (unpaired) electrons. The van der Waals surface area contributed by atoms with E-state index in [2.05, 4.69) is 29.7 Å². The molecule has 1 aromatic rings. The number of carbonyl (C=O) groups is 2. The first kappa shape index (κ1) is 13.9. The Morgan fingerprint density at radius 1 is 1.38 bits per heavy atom. The molecule has 0 bridgehead atoms. The Labute approximate surface area is 124 Å². The highest BCUT2D eigenvalue weighted by Crippen LogP contribution is 2.34. The van der Waals surface area contributed by atoms with Crippen LogP contribution in [0.4, 0.5) is 4.79 Å². The van der Waals surface area contributed by atoms with Gasteiger partial charge in [0.25, 0.3) is 0 Å². The van der Waals surface area contributed by atoms with E-state index in [-0.39, 0.29) is 18.0 Å².